The van der Waals surface area contributed by atoms with Crippen LogP contribution in [0.2, 0.25) is 0 Å². The molecule has 2 aliphatic heterocycles. The van der Waals surface area contributed by atoms with Gasteiger partial charge in [0, 0.05) is 51.4 Å². The summed E-state index contributed by atoms with van der Waals surface area (Å²) in [6.07, 6.45) is 2.79. The number of aromatic hydroxyl groups is 2. The summed E-state index contributed by atoms with van der Waals surface area (Å²) in [6, 6.07) is 26.8. The number of nitrogens with zero attached hydrogens (tertiary/aromatic N) is 4. The molecular weight excluding hydrogens is 566 g/mol. The standard InChI is InChI=1S/C36H37N5O4/c1-2-33(25-5-13-31(42)14-6-25)35(27-7-15-32(43)16-8-27)26-3-10-29(11-4-26)40-21-19-39(20-22-40)24-28-9-12-30(23-37-28)41-18-17-34(44)38-36(41)45/h3-16,23,42-43H,2,17-22,24H2,1H3,(H,38,44,45). The number of hydrogen-bond donors (Lipinski definition) is 3. The summed E-state index contributed by atoms with van der Waals surface area (Å²) >= 11 is 0. The number of urea groups is 1. The van der Waals surface area contributed by atoms with Crippen LogP contribution in [0.15, 0.2) is 91.1 Å². The lowest BCUT2D eigenvalue weighted by Gasteiger charge is -2.36. The lowest BCUT2D eigenvalue weighted by Crippen LogP contribution is -2.49. The van der Waals surface area contributed by atoms with Crippen LogP contribution in [-0.2, 0) is 11.3 Å². The van der Waals surface area contributed by atoms with E-state index in [0.717, 1.165) is 72.7 Å². The van der Waals surface area contributed by atoms with Crippen molar-refractivity contribution < 1.29 is 19.8 Å². The number of pyridine rings is 1. The molecule has 2 saturated heterocycles. The van der Waals surface area contributed by atoms with Crippen LogP contribution in [0.1, 0.15) is 42.1 Å². The molecule has 6 rings (SSSR count). The fraction of sp³-hybridized carbons (Fsp3) is 0.250. The van der Waals surface area contributed by atoms with E-state index in [1.807, 2.05) is 36.4 Å². The number of phenols is 2. The van der Waals surface area contributed by atoms with E-state index in [0.29, 0.717) is 12.2 Å². The number of piperazine rings is 1. The van der Waals surface area contributed by atoms with Gasteiger partial charge in [-0.05, 0) is 82.8 Å². The molecule has 9 nitrogen and oxygen atoms in total. The summed E-state index contributed by atoms with van der Waals surface area (Å²) in [5, 5.41) is 22.1. The SMILES string of the molecule is CCC(=C(c1ccc(O)cc1)c1ccc(N2CCN(Cc3ccc(N4CCC(=O)NC4=O)cn3)CC2)cc1)c1ccc(O)cc1. The Balaban J connectivity index is 1.13. The minimum Gasteiger partial charge on any atom is -0.508 e. The van der Waals surface area contributed by atoms with Crippen LogP contribution in [-0.4, -0.2) is 64.8 Å². The van der Waals surface area contributed by atoms with Crippen LogP contribution < -0.4 is 15.1 Å². The molecule has 3 aromatic carbocycles. The molecule has 2 fully saturated rings. The van der Waals surface area contributed by atoms with Crippen molar-refractivity contribution in [1.82, 2.24) is 15.2 Å². The Labute approximate surface area is 263 Å². The lowest BCUT2D eigenvalue weighted by molar-refractivity contribution is -0.120. The van der Waals surface area contributed by atoms with Gasteiger partial charge in [-0.25, -0.2) is 4.79 Å². The molecule has 0 unspecified atom stereocenters. The number of carbonyl (C=O) groups is 2. The summed E-state index contributed by atoms with van der Waals surface area (Å²) in [5.41, 5.74) is 8.24. The molecule has 1 aromatic heterocycles. The molecule has 0 bridgehead atoms. The zero-order chi connectivity index (χ0) is 31.3. The van der Waals surface area contributed by atoms with Crippen molar-refractivity contribution in [2.75, 3.05) is 42.5 Å². The first-order valence-corrected chi connectivity index (χ1v) is 15.3. The predicted molar refractivity (Wildman–Crippen MR) is 176 cm³/mol. The van der Waals surface area contributed by atoms with Crippen molar-refractivity contribution in [1.29, 1.82) is 0 Å². The number of rotatable bonds is 8. The Morgan fingerprint density at radius 3 is 1.87 bits per heavy atom. The van der Waals surface area contributed by atoms with Crippen LogP contribution >= 0.6 is 0 Å². The number of aromatic nitrogens is 1. The topological polar surface area (TPSA) is 109 Å². The van der Waals surface area contributed by atoms with Crippen molar-refractivity contribution in [2.45, 2.75) is 26.3 Å². The number of anilines is 2. The summed E-state index contributed by atoms with van der Waals surface area (Å²) in [4.78, 5) is 34.5. The highest BCUT2D eigenvalue weighted by Crippen LogP contribution is 2.36. The molecule has 0 spiro atoms. The minimum absolute atomic E-state index is 0.230. The molecule has 3 amide bonds. The first kappa shape index (κ1) is 29.9. The van der Waals surface area contributed by atoms with Crippen LogP contribution in [0.25, 0.3) is 11.1 Å². The average Bonchev–Trinajstić information content (AvgIpc) is 3.06. The molecule has 45 heavy (non-hydrogen) atoms. The number of benzene rings is 3. The van der Waals surface area contributed by atoms with E-state index in [1.54, 1.807) is 35.4 Å². The van der Waals surface area contributed by atoms with Gasteiger partial charge < -0.3 is 15.1 Å². The molecule has 0 atom stereocenters. The maximum absolute atomic E-state index is 12.1. The van der Waals surface area contributed by atoms with Gasteiger partial charge in [-0.2, -0.15) is 0 Å². The normalized spacial score (nSPS) is 16.4. The monoisotopic (exact) mass is 603 g/mol. The van der Waals surface area contributed by atoms with Gasteiger partial charge in [-0.1, -0.05) is 43.3 Å². The van der Waals surface area contributed by atoms with Crippen molar-refractivity contribution in [3.05, 3.63) is 114 Å². The third-order valence-electron chi connectivity index (χ3n) is 8.48. The van der Waals surface area contributed by atoms with E-state index in [-0.39, 0.29) is 23.8 Å². The third-order valence-corrected chi connectivity index (χ3v) is 8.48. The Bertz CT molecular complexity index is 1680. The molecule has 3 N–H and O–H groups in total. The van der Waals surface area contributed by atoms with Gasteiger partial charge in [0.05, 0.1) is 17.6 Å². The highest BCUT2D eigenvalue weighted by Gasteiger charge is 2.25. The number of nitrogens with one attached hydrogen (secondary N) is 1. The Hall–Kier alpha value is -5.15. The number of imide groups is 1. The molecule has 0 aliphatic carbocycles. The zero-order valence-corrected chi connectivity index (χ0v) is 25.3. The van der Waals surface area contributed by atoms with Crippen LogP contribution in [0.3, 0.4) is 0 Å². The second-order valence-electron chi connectivity index (χ2n) is 11.4. The maximum Gasteiger partial charge on any atom is 0.328 e. The third kappa shape index (κ3) is 6.84. The summed E-state index contributed by atoms with van der Waals surface area (Å²) in [5.74, 6) is 0.220. The number of phenolic OH excluding ortho intramolecular Hbond substituents is 2. The van der Waals surface area contributed by atoms with E-state index in [2.05, 4.69) is 51.3 Å². The van der Waals surface area contributed by atoms with Gasteiger partial charge in [-0.15, -0.1) is 0 Å². The van der Waals surface area contributed by atoms with E-state index in [4.69, 9.17) is 0 Å². The Kier molecular flexibility index (Phi) is 8.79. The molecule has 9 heteroatoms. The van der Waals surface area contributed by atoms with Gasteiger partial charge in [0.15, 0.2) is 0 Å². The second kappa shape index (κ2) is 13.2. The van der Waals surface area contributed by atoms with Crippen molar-refractivity contribution in [2.24, 2.45) is 0 Å². The first-order chi connectivity index (χ1) is 21.9. The number of allylic oxidation sites excluding steroid dienone is 1. The largest absolute Gasteiger partial charge is 0.508 e. The molecule has 0 radical (unpaired) electrons. The van der Waals surface area contributed by atoms with Crippen molar-refractivity contribution in [3.8, 4) is 11.5 Å². The van der Waals surface area contributed by atoms with Gasteiger partial charge in [0.25, 0.3) is 0 Å². The molecule has 4 aromatic rings. The Morgan fingerprint density at radius 1 is 0.733 bits per heavy atom. The van der Waals surface area contributed by atoms with Crippen LogP contribution in [0.4, 0.5) is 16.2 Å². The van der Waals surface area contributed by atoms with E-state index >= 15 is 0 Å². The van der Waals surface area contributed by atoms with Gasteiger partial charge in [0.1, 0.15) is 11.5 Å². The highest BCUT2D eigenvalue weighted by molar-refractivity contribution is 6.05. The fourth-order valence-corrected chi connectivity index (χ4v) is 6.04. The molecule has 0 saturated carbocycles. The molecule has 2 aliphatic rings. The quantitative estimate of drug-likeness (QED) is 0.224. The smallest absolute Gasteiger partial charge is 0.328 e. The zero-order valence-electron chi connectivity index (χ0n) is 25.3. The fourth-order valence-electron chi connectivity index (χ4n) is 6.04. The first-order valence-electron chi connectivity index (χ1n) is 15.3. The van der Waals surface area contributed by atoms with E-state index < -0.39 is 6.03 Å². The number of amides is 3. The van der Waals surface area contributed by atoms with Gasteiger partial charge in [-0.3, -0.25) is 24.9 Å². The highest BCUT2D eigenvalue weighted by atomic mass is 16.3. The van der Waals surface area contributed by atoms with Gasteiger partial charge >= 0.3 is 6.03 Å². The van der Waals surface area contributed by atoms with Crippen molar-refractivity contribution >= 4 is 34.5 Å². The summed E-state index contributed by atoms with van der Waals surface area (Å²) in [7, 11) is 0. The second-order valence-corrected chi connectivity index (χ2v) is 11.4. The van der Waals surface area contributed by atoms with Crippen LogP contribution in [0.5, 0.6) is 11.5 Å². The van der Waals surface area contributed by atoms with E-state index in [9.17, 15) is 19.8 Å². The van der Waals surface area contributed by atoms with Crippen molar-refractivity contribution in [3.63, 3.8) is 0 Å². The predicted octanol–water partition coefficient (Wildman–Crippen LogP) is 5.63. The number of hydrogen-bond acceptors (Lipinski definition) is 7. The molecule has 3 heterocycles. The van der Waals surface area contributed by atoms with Crippen LogP contribution in [0, 0.1) is 0 Å². The minimum atomic E-state index is -0.402. The van der Waals surface area contributed by atoms with E-state index in [1.165, 1.54) is 5.69 Å². The molecular formula is C36H37N5O4. The summed E-state index contributed by atoms with van der Waals surface area (Å²) < 4.78 is 0. The average molecular weight is 604 g/mol. The lowest BCUT2D eigenvalue weighted by atomic mass is 9.88. The van der Waals surface area contributed by atoms with Gasteiger partial charge in [0.2, 0.25) is 5.91 Å². The Morgan fingerprint density at radius 2 is 1.31 bits per heavy atom. The molecule has 230 valence electrons. The summed E-state index contributed by atoms with van der Waals surface area (Å²) in [6.45, 7) is 6.83. The maximum atomic E-state index is 12.1. The number of carbonyl (C=O) groups excluding carboxylic acids is 2.